The van der Waals surface area contributed by atoms with Gasteiger partial charge in [-0.15, -0.1) is 0 Å². The van der Waals surface area contributed by atoms with Crippen LogP contribution >= 0.6 is 0 Å². The van der Waals surface area contributed by atoms with Crippen LogP contribution in [0.3, 0.4) is 0 Å². The topological polar surface area (TPSA) is 41.6 Å². The minimum absolute atomic E-state index is 0.268. The normalized spacial score (nSPS) is 27.3. The summed E-state index contributed by atoms with van der Waals surface area (Å²) in [5.74, 6) is 0.268. The third kappa shape index (κ3) is 4.18. The Balaban J connectivity index is 1.69. The van der Waals surface area contributed by atoms with Crippen molar-refractivity contribution in [2.45, 2.75) is 52.0 Å². The molecule has 0 bridgehead atoms. The van der Waals surface area contributed by atoms with Crippen LogP contribution < -0.4 is 5.32 Å². The summed E-state index contributed by atoms with van der Waals surface area (Å²) in [5, 5.41) is 3.60. The van der Waals surface area contributed by atoms with Crippen molar-refractivity contribution in [1.82, 2.24) is 10.2 Å². The maximum absolute atomic E-state index is 12.0. The predicted octanol–water partition coefficient (Wildman–Crippen LogP) is 1.79. The van der Waals surface area contributed by atoms with E-state index in [2.05, 4.69) is 19.2 Å². The fourth-order valence-corrected chi connectivity index (χ4v) is 3.20. The second kappa shape index (κ2) is 6.71. The van der Waals surface area contributed by atoms with Crippen LogP contribution in [-0.4, -0.2) is 49.7 Å². The summed E-state index contributed by atoms with van der Waals surface area (Å²) < 4.78 is 5.27. The number of hydrogen-bond donors (Lipinski definition) is 1. The summed E-state index contributed by atoms with van der Waals surface area (Å²) in [6.07, 6.45) is 5.82. The molecule has 1 aliphatic heterocycles. The van der Waals surface area contributed by atoms with Crippen molar-refractivity contribution >= 4 is 5.91 Å². The third-order valence-electron chi connectivity index (χ3n) is 4.60. The Bertz CT molecular complexity index is 299. The first-order valence-corrected chi connectivity index (χ1v) is 7.68. The van der Waals surface area contributed by atoms with E-state index in [-0.39, 0.29) is 5.91 Å². The molecule has 1 saturated carbocycles. The molecule has 1 amide bonds. The zero-order chi connectivity index (χ0) is 13.7. The Morgan fingerprint density at radius 1 is 1.32 bits per heavy atom. The number of hydrogen-bond acceptors (Lipinski definition) is 3. The summed E-state index contributed by atoms with van der Waals surface area (Å²) in [6, 6.07) is 0.568. The van der Waals surface area contributed by atoms with Gasteiger partial charge < -0.3 is 15.0 Å². The molecule has 2 aliphatic rings. The van der Waals surface area contributed by atoms with Crippen LogP contribution in [-0.2, 0) is 9.53 Å². The van der Waals surface area contributed by atoms with Crippen molar-refractivity contribution in [3.8, 4) is 0 Å². The van der Waals surface area contributed by atoms with Gasteiger partial charge in [-0.2, -0.15) is 0 Å². The molecular formula is C15H28N2O2. The van der Waals surface area contributed by atoms with Crippen molar-refractivity contribution in [2.24, 2.45) is 5.41 Å². The molecular weight excluding hydrogens is 240 g/mol. The maximum atomic E-state index is 12.0. The van der Waals surface area contributed by atoms with Gasteiger partial charge in [0.2, 0.25) is 5.91 Å². The lowest BCUT2D eigenvalue weighted by Crippen LogP contribution is -2.46. The zero-order valence-corrected chi connectivity index (χ0v) is 12.4. The SMILES string of the molecule is CC1(C)CCCCC1NCCC(=O)N1CCOCC1. The van der Waals surface area contributed by atoms with Crippen LogP contribution in [0.15, 0.2) is 0 Å². The molecule has 1 saturated heterocycles. The van der Waals surface area contributed by atoms with E-state index in [0.29, 0.717) is 31.1 Å². The number of amides is 1. The summed E-state index contributed by atoms with van der Waals surface area (Å²) in [6.45, 7) is 8.39. The van der Waals surface area contributed by atoms with Gasteiger partial charge in [0, 0.05) is 32.1 Å². The zero-order valence-electron chi connectivity index (χ0n) is 12.4. The molecule has 1 atom stereocenters. The molecule has 0 aromatic carbocycles. The Labute approximate surface area is 116 Å². The van der Waals surface area contributed by atoms with E-state index >= 15 is 0 Å². The molecule has 0 aromatic rings. The predicted molar refractivity (Wildman–Crippen MR) is 76.1 cm³/mol. The van der Waals surface area contributed by atoms with E-state index in [9.17, 15) is 4.79 Å². The molecule has 2 rings (SSSR count). The van der Waals surface area contributed by atoms with Crippen molar-refractivity contribution in [2.75, 3.05) is 32.8 Å². The minimum Gasteiger partial charge on any atom is -0.378 e. The average molecular weight is 268 g/mol. The lowest BCUT2D eigenvalue weighted by molar-refractivity contribution is -0.135. The highest BCUT2D eigenvalue weighted by molar-refractivity contribution is 5.76. The third-order valence-corrected chi connectivity index (χ3v) is 4.60. The first kappa shape index (κ1) is 14.8. The summed E-state index contributed by atoms with van der Waals surface area (Å²) in [7, 11) is 0. The number of morpholine rings is 1. The van der Waals surface area contributed by atoms with Crippen molar-refractivity contribution in [3.63, 3.8) is 0 Å². The molecule has 2 fully saturated rings. The molecule has 110 valence electrons. The first-order valence-electron chi connectivity index (χ1n) is 7.68. The summed E-state index contributed by atoms with van der Waals surface area (Å²) >= 11 is 0. The Hall–Kier alpha value is -0.610. The number of nitrogens with zero attached hydrogens (tertiary/aromatic N) is 1. The molecule has 4 heteroatoms. The van der Waals surface area contributed by atoms with Gasteiger partial charge in [0.05, 0.1) is 13.2 Å². The highest BCUT2D eigenvalue weighted by Crippen LogP contribution is 2.35. The Morgan fingerprint density at radius 2 is 2.05 bits per heavy atom. The highest BCUT2D eigenvalue weighted by atomic mass is 16.5. The van der Waals surface area contributed by atoms with E-state index in [1.54, 1.807) is 0 Å². The molecule has 0 radical (unpaired) electrons. The van der Waals surface area contributed by atoms with Crippen LogP contribution in [0.1, 0.15) is 46.0 Å². The molecule has 1 aliphatic carbocycles. The minimum atomic E-state index is 0.268. The second-order valence-electron chi connectivity index (χ2n) is 6.48. The van der Waals surface area contributed by atoms with Crippen molar-refractivity contribution in [1.29, 1.82) is 0 Å². The fourth-order valence-electron chi connectivity index (χ4n) is 3.20. The number of nitrogens with one attached hydrogen (secondary N) is 1. The van der Waals surface area contributed by atoms with Gasteiger partial charge in [0.25, 0.3) is 0 Å². The van der Waals surface area contributed by atoms with Gasteiger partial charge in [-0.3, -0.25) is 4.79 Å². The van der Waals surface area contributed by atoms with Gasteiger partial charge >= 0.3 is 0 Å². The standard InChI is InChI=1S/C15H28N2O2/c1-15(2)7-4-3-5-13(15)16-8-6-14(18)17-9-11-19-12-10-17/h13,16H,3-12H2,1-2H3. The molecule has 1 N–H and O–H groups in total. The summed E-state index contributed by atoms with van der Waals surface area (Å²) in [5.41, 5.74) is 0.375. The molecule has 1 heterocycles. The second-order valence-corrected chi connectivity index (χ2v) is 6.48. The van der Waals surface area contributed by atoms with Crippen molar-refractivity contribution in [3.05, 3.63) is 0 Å². The lowest BCUT2D eigenvalue weighted by Gasteiger charge is -2.39. The van der Waals surface area contributed by atoms with E-state index in [1.165, 1.54) is 25.7 Å². The van der Waals surface area contributed by atoms with Crippen molar-refractivity contribution < 1.29 is 9.53 Å². The van der Waals surface area contributed by atoms with E-state index in [4.69, 9.17) is 4.74 Å². The number of carbonyl (C=O) groups is 1. The largest absolute Gasteiger partial charge is 0.378 e. The van der Waals surface area contributed by atoms with E-state index in [1.807, 2.05) is 4.90 Å². The monoisotopic (exact) mass is 268 g/mol. The summed E-state index contributed by atoms with van der Waals surface area (Å²) in [4.78, 5) is 14.0. The van der Waals surface area contributed by atoms with Crippen LogP contribution in [0.5, 0.6) is 0 Å². The van der Waals surface area contributed by atoms with Gasteiger partial charge in [0.1, 0.15) is 0 Å². The molecule has 4 nitrogen and oxygen atoms in total. The molecule has 1 unspecified atom stereocenters. The van der Waals surface area contributed by atoms with Gasteiger partial charge in [-0.05, 0) is 18.3 Å². The highest BCUT2D eigenvalue weighted by Gasteiger charge is 2.31. The van der Waals surface area contributed by atoms with Gasteiger partial charge in [-0.1, -0.05) is 26.7 Å². The van der Waals surface area contributed by atoms with Crippen LogP contribution in [0.2, 0.25) is 0 Å². The van der Waals surface area contributed by atoms with Gasteiger partial charge in [-0.25, -0.2) is 0 Å². The Morgan fingerprint density at radius 3 is 2.74 bits per heavy atom. The molecule has 0 spiro atoms. The lowest BCUT2D eigenvalue weighted by atomic mass is 9.73. The van der Waals surface area contributed by atoms with Gasteiger partial charge in [0.15, 0.2) is 0 Å². The maximum Gasteiger partial charge on any atom is 0.224 e. The number of ether oxygens (including phenoxy) is 1. The number of carbonyl (C=O) groups excluding carboxylic acids is 1. The first-order chi connectivity index (χ1) is 9.09. The quantitative estimate of drug-likeness (QED) is 0.845. The van der Waals surface area contributed by atoms with Crippen LogP contribution in [0.4, 0.5) is 0 Å². The Kier molecular flexibility index (Phi) is 5.22. The molecule has 0 aromatic heterocycles. The van der Waals surface area contributed by atoms with Crippen LogP contribution in [0.25, 0.3) is 0 Å². The molecule has 19 heavy (non-hydrogen) atoms. The van der Waals surface area contributed by atoms with E-state index in [0.717, 1.165) is 19.6 Å². The average Bonchev–Trinajstić information content (AvgIpc) is 2.41. The fraction of sp³-hybridized carbons (Fsp3) is 0.933. The van der Waals surface area contributed by atoms with E-state index < -0.39 is 0 Å². The number of rotatable bonds is 4. The van der Waals surface area contributed by atoms with Crippen LogP contribution in [0, 0.1) is 5.41 Å². The smallest absolute Gasteiger partial charge is 0.224 e.